The molecule has 2 nitrogen and oxygen atoms in total. The molecule has 1 heterocycles. The lowest BCUT2D eigenvalue weighted by Gasteiger charge is -2.05. The molecule has 0 N–H and O–H groups in total. The Hall–Kier alpha value is -2.18. The van der Waals surface area contributed by atoms with Crippen LogP contribution >= 0.6 is 0 Å². The second-order valence-electron chi connectivity index (χ2n) is 3.07. The third-order valence-electron chi connectivity index (χ3n) is 2.10. The van der Waals surface area contributed by atoms with Crippen LogP contribution in [0.25, 0.3) is 11.0 Å². The Kier molecular flexibility index (Phi) is 2.72. The molecule has 0 unspecified atom stereocenters. The van der Waals surface area contributed by atoms with E-state index >= 15 is 0 Å². The van der Waals surface area contributed by atoms with Crippen molar-refractivity contribution in [1.82, 2.24) is 4.98 Å². The van der Waals surface area contributed by atoms with Crippen LogP contribution < -0.4 is 0 Å². The Balaban J connectivity index is 2.48. The van der Waals surface area contributed by atoms with E-state index in [1.54, 1.807) is 6.20 Å². The largest absolute Gasteiger partial charge is 0.763 e. The molecule has 0 fully saturated rings. The number of hydrogen-bond acceptors (Lipinski definition) is 1. The molecule has 0 atom stereocenters. The first-order valence-electron chi connectivity index (χ1n) is 4.65. The summed E-state index contributed by atoms with van der Waals surface area (Å²) < 4.78 is 0. The molecule has 0 spiro atoms. The number of benzene rings is 1. The fraction of sp³-hybridized carbons (Fsp3) is 0. The van der Waals surface area contributed by atoms with Crippen LogP contribution in [0.1, 0.15) is 11.3 Å². The summed E-state index contributed by atoms with van der Waals surface area (Å²) in [6.45, 7) is 0. The maximum absolute atomic E-state index is 9.11. The second-order valence-corrected chi connectivity index (χ2v) is 3.07. The molecule has 0 amide bonds. The first-order chi connectivity index (χ1) is 7.42. The zero-order valence-corrected chi connectivity index (χ0v) is 8.09. The van der Waals surface area contributed by atoms with Crippen molar-refractivity contribution in [2.45, 2.75) is 0 Å². The van der Waals surface area contributed by atoms with Crippen LogP contribution in [0.2, 0.25) is 0 Å². The van der Waals surface area contributed by atoms with Crippen LogP contribution in [0.4, 0.5) is 0 Å². The summed E-state index contributed by atoms with van der Waals surface area (Å²) in [5.41, 5.74) is 2.22. The molecule has 1 aromatic carbocycles. The van der Waals surface area contributed by atoms with Crippen LogP contribution in [0.15, 0.2) is 54.7 Å². The molecule has 0 saturated carbocycles. The van der Waals surface area contributed by atoms with Gasteiger partial charge in [-0.05, 0) is 17.7 Å². The Morgan fingerprint density at radius 1 is 1.00 bits per heavy atom. The molecule has 2 rings (SSSR count). The van der Waals surface area contributed by atoms with Crippen LogP contribution in [0.5, 0.6) is 0 Å². The van der Waals surface area contributed by atoms with Gasteiger partial charge < -0.3 is 5.41 Å². The van der Waals surface area contributed by atoms with Gasteiger partial charge in [-0.1, -0.05) is 36.4 Å². The zero-order chi connectivity index (χ0) is 10.5. The monoisotopic (exact) mass is 193 g/mol. The van der Waals surface area contributed by atoms with Crippen molar-refractivity contribution >= 4 is 11.4 Å². The highest BCUT2D eigenvalue weighted by Gasteiger charge is 2.01. The van der Waals surface area contributed by atoms with Crippen molar-refractivity contribution in [3.8, 4) is 0 Å². The van der Waals surface area contributed by atoms with Gasteiger partial charge in [-0.2, -0.15) is 0 Å². The van der Waals surface area contributed by atoms with Crippen molar-refractivity contribution in [1.29, 1.82) is 0 Å². The molecule has 1 aromatic heterocycles. The first-order valence-corrected chi connectivity index (χ1v) is 4.65. The van der Waals surface area contributed by atoms with Gasteiger partial charge in [0.05, 0.1) is 5.69 Å². The van der Waals surface area contributed by atoms with Crippen LogP contribution in [-0.2, 0) is 0 Å². The summed E-state index contributed by atoms with van der Waals surface area (Å²) in [5.74, 6) is 2.19. The zero-order valence-electron chi connectivity index (χ0n) is 8.09. The maximum atomic E-state index is 9.11. The third kappa shape index (κ3) is 2.01. The number of hydrogen-bond donors (Lipinski definition) is 0. The minimum absolute atomic E-state index is 0.608. The van der Waals surface area contributed by atoms with Crippen LogP contribution in [0.3, 0.4) is 0 Å². The molecule has 0 saturated heterocycles. The minimum atomic E-state index is 0.608. The Morgan fingerprint density at radius 2 is 1.73 bits per heavy atom. The average molecular weight is 193 g/mol. The summed E-state index contributed by atoms with van der Waals surface area (Å²) in [7, 11) is 0. The fourth-order valence-electron chi connectivity index (χ4n) is 1.39. The Morgan fingerprint density at radius 3 is 2.33 bits per heavy atom. The molecule has 15 heavy (non-hydrogen) atoms. The summed E-state index contributed by atoms with van der Waals surface area (Å²) in [5, 5.41) is 9.11. The van der Waals surface area contributed by atoms with Gasteiger partial charge in [-0.25, -0.2) is 0 Å². The summed E-state index contributed by atoms with van der Waals surface area (Å²) >= 11 is 0. The van der Waals surface area contributed by atoms with Crippen LogP contribution in [-0.4, -0.2) is 10.9 Å². The number of rotatable bonds is 2. The predicted molar refractivity (Wildman–Crippen MR) is 61.6 cm³/mol. The topological polar surface area (TPSA) is 35.2 Å². The molecular formula is C13H9N2-. The summed E-state index contributed by atoms with van der Waals surface area (Å²) in [6.07, 6.45) is 1.69. The number of nitrogens with zero attached hydrogens (tertiary/aromatic N) is 2. The van der Waals surface area contributed by atoms with Crippen molar-refractivity contribution in [2.24, 2.45) is 0 Å². The number of pyridine rings is 1. The lowest BCUT2D eigenvalue weighted by atomic mass is 10.0. The van der Waals surface area contributed by atoms with Crippen LogP contribution in [0, 0.1) is 0 Å². The van der Waals surface area contributed by atoms with Crippen molar-refractivity contribution in [2.75, 3.05) is 0 Å². The van der Waals surface area contributed by atoms with Gasteiger partial charge in [0.2, 0.25) is 0 Å². The van der Waals surface area contributed by atoms with E-state index < -0.39 is 0 Å². The molecule has 2 heteroatoms. The molecule has 0 aliphatic carbocycles. The van der Waals surface area contributed by atoms with E-state index in [1.165, 1.54) is 0 Å². The van der Waals surface area contributed by atoms with Crippen molar-refractivity contribution in [3.05, 3.63) is 71.4 Å². The second kappa shape index (κ2) is 4.36. The van der Waals surface area contributed by atoms with Crippen molar-refractivity contribution in [3.63, 3.8) is 0 Å². The minimum Gasteiger partial charge on any atom is -0.763 e. The molecule has 0 aliphatic rings. The number of aromatic nitrogens is 1. The van der Waals surface area contributed by atoms with E-state index in [4.69, 9.17) is 5.41 Å². The van der Waals surface area contributed by atoms with Crippen molar-refractivity contribution < 1.29 is 0 Å². The van der Waals surface area contributed by atoms with Gasteiger partial charge in [0.15, 0.2) is 0 Å². The maximum Gasteiger partial charge on any atom is 0.0767 e. The van der Waals surface area contributed by atoms with Gasteiger partial charge in [0.1, 0.15) is 0 Å². The molecule has 0 aliphatic heterocycles. The smallest absolute Gasteiger partial charge is 0.0767 e. The molecule has 0 radical (unpaired) electrons. The summed E-state index contributed by atoms with van der Waals surface area (Å²) in [4.78, 5) is 4.17. The van der Waals surface area contributed by atoms with E-state index in [9.17, 15) is 0 Å². The Bertz CT molecular complexity index is 441. The molecule has 72 valence electrons. The van der Waals surface area contributed by atoms with E-state index in [-0.39, 0.29) is 0 Å². The highest BCUT2D eigenvalue weighted by Crippen LogP contribution is 2.17. The first kappa shape index (κ1) is 9.38. The quantitative estimate of drug-likeness (QED) is 0.675. The molecule has 2 aromatic rings. The van der Waals surface area contributed by atoms with E-state index in [2.05, 4.69) is 10.9 Å². The van der Waals surface area contributed by atoms with E-state index in [1.807, 2.05) is 48.5 Å². The lowest BCUT2D eigenvalue weighted by molar-refractivity contribution is 1.28. The standard InChI is InChI=1S/C13H9N2/c14-10-12(11-6-2-1-3-7-11)13-8-4-5-9-15-13/h1-9H/q-1. The van der Waals surface area contributed by atoms with Gasteiger partial charge in [0, 0.05) is 11.8 Å². The molecule has 0 bridgehead atoms. The van der Waals surface area contributed by atoms with Gasteiger partial charge >= 0.3 is 0 Å². The van der Waals surface area contributed by atoms with Gasteiger partial charge in [-0.3, -0.25) is 10.9 Å². The van der Waals surface area contributed by atoms with Gasteiger partial charge in [-0.15, -0.1) is 0 Å². The normalized spacial score (nSPS) is 9.33. The van der Waals surface area contributed by atoms with E-state index in [0.717, 1.165) is 5.56 Å². The predicted octanol–water partition coefficient (Wildman–Crippen LogP) is 2.75. The third-order valence-corrected chi connectivity index (χ3v) is 2.10. The fourth-order valence-corrected chi connectivity index (χ4v) is 1.39. The lowest BCUT2D eigenvalue weighted by Crippen LogP contribution is -1.90. The van der Waals surface area contributed by atoms with E-state index in [0.29, 0.717) is 11.3 Å². The highest BCUT2D eigenvalue weighted by molar-refractivity contribution is 5.98. The molecular weight excluding hydrogens is 184 g/mol. The van der Waals surface area contributed by atoms with Gasteiger partial charge in [0.25, 0.3) is 0 Å². The Labute approximate surface area is 88.4 Å². The average Bonchev–Trinajstić information content (AvgIpc) is 2.33. The highest BCUT2D eigenvalue weighted by atomic mass is 14.7. The SMILES string of the molecule is [N-]=C=C(c1ccccc1)c1ccccn1. The summed E-state index contributed by atoms with van der Waals surface area (Å²) in [6, 6.07) is 15.1.